The first-order valence-corrected chi connectivity index (χ1v) is 9.66. The average Bonchev–Trinajstić information content (AvgIpc) is 3.28. The van der Waals surface area contributed by atoms with Crippen LogP contribution in [0.1, 0.15) is 32.3 Å². The second kappa shape index (κ2) is 8.50. The van der Waals surface area contributed by atoms with Gasteiger partial charge in [0, 0.05) is 5.57 Å². The molecule has 2 N–H and O–H groups in total. The molecule has 2 atom stereocenters. The number of carbonyl (C=O) groups is 1. The fourth-order valence-electron chi connectivity index (χ4n) is 2.92. The van der Waals surface area contributed by atoms with Crippen LogP contribution in [-0.4, -0.2) is 30.6 Å². The summed E-state index contributed by atoms with van der Waals surface area (Å²) in [4.78, 5) is 17.0. The number of thioether (sulfide) groups is 1. The Bertz CT molecular complexity index is 928. The lowest BCUT2D eigenvalue weighted by atomic mass is 9.89. The number of ether oxygens (including phenoxy) is 3. The highest BCUT2D eigenvalue weighted by molar-refractivity contribution is 8.18. The van der Waals surface area contributed by atoms with Crippen LogP contribution in [0.15, 0.2) is 45.3 Å². The number of allylic oxidation sites excluding steroid dienone is 2. The minimum atomic E-state index is -0.541. The summed E-state index contributed by atoms with van der Waals surface area (Å²) >= 11 is 1.21. The van der Waals surface area contributed by atoms with Crippen LogP contribution in [0.4, 0.5) is 0 Å². The number of nitriles is 1. The van der Waals surface area contributed by atoms with Crippen LogP contribution < -0.4 is 15.2 Å². The van der Waals surface area contributed by atoms with Crippen LogP contribution in [0, 0.1) is 11.3 Å². The van der Waals surface area contributed by atoms with E-state index >= 15 is 0 Å². The number of nitrogens with zero attached hydrogens (tertiary/aromatic N) is 2. The second-order valence-electron chi connectivity index (χ2n) is 6.28. The van der Waals surface area contributed by atoms with E-state index in [0.717, 1.165) is 16.7 Å². The summed E-state index contributed by atoms with van der Waals surface area (Å²) in [6.07, 6.45) is 1.28. The highest BCUT2D eigenvalue weighted by Gasteiger charge is 2.29. The Morgan fingerprint density at radius 2 is 2.18 bits per heavy atom. The molecule has 0 saturated carbocycles. The smallest absolute Gasteiger partial charge is 0.345 e. The van der Waals surface area contributed by atoms with E-state index < -0.39 is 18.1 Å². The molecule has 2 aliphatic heterocycles. The van der Waals surface area contributed by atoms with E-state index in [1.165, 1.54) is 11.8 Å². The molecule has 0 spiro atoms. The van der Waals surface area contributed by atoms with E-state index in [0.29, 0.717) is 21.4 Å². The topological polar surface area (TPSA) is 107 Å². The van der Waals surface area contributed by atoms with Crippen molar-refractivity contribution in [1.82, 2.24) is 0 Å². The molecule has 3 rings (SSSR count). The van der Waals surface area contributed by atoms with Crippen molar-refractivity contribution in [3.05, 3.63) is 45.9 Å². The minimum Gasteiger partial charge on any atom is -0.462 e. The van der Waals surface area contributed by atoms with E-state index in [9.17, 15) is 10.1 Å². The Morgan fingerprint density at radius 1 is 1.43 bits per heavy atom. The highest BCUT2D eigenvalue weighted by atomic mass is 32.2. The quantitative estimate of drug-likeness (QED) is 0.757. The summed E-state index contributed by atoms with van der Waals surface area (Å²) in [6, 6.07) is 7.77. The number of esters is 1. The monoisotopic (exact) mass is 399 g/mol. The van der Waals surface area contributed by atoms with Gasteiger partial charge >= 0.3 is 5.97 Å². The molecule has 0 saturated heterocycles. The van der Waals surface area contributed by atoms with Gasteiger partial charge in [-0.2, -0.15) is 5.26 Å². The molecule has 7 nitrogen and oxygen atoms in total. The van der Waals surface area contributed by atoms with Gasteiger partial charge in [0.05, 0.1) is 29.7 Å². The third kappa shape index (κ3) is 4.06. The van der Waals surface area contributed by atoms with Crippen molar-refractivity contribution in [2.24, 2.45) is 10.7 Å². The van der Waals surface area contributed by atoms with E-state index in [4.69, 9.17) is 19.9 Å². The first-order valence-electron chi connectivity index (χ1n) is 8.85. The summed E-state index contributed by atoms with van der Waals surface area (Å²) in [5, 5.41) is 10.5. The van der Waals surface area contributed by atoms with Crippen LogP contribution in [0.5, 0.6) is 11.5 Å². The first kappa shape index (κ1) is 20.0. The van der Waals surface area contributed by atoms with Crippen LogP contribution in [0.2, 0.25) is 0 Å². The van der Waals surface area contributed by atoms with Crippen molar-refractivity contribution in [2.45, 2.75) is 32.9 Å². The van der Waals surface area contributed by atoms with E-state index in [2.05, 4.69) is 11.1 Å². The number of rotatable bonds is 5. The molecular weight excluding hydrogens is 378 g/mol. The molecular formula is C20H21N3O4S. The summed E-state index contributed by atoms with van der Waals surface area (Å²) in [6.45, 7) is 5.82. The van der Waals surface area contributed by atoms with Gasteiger partial charge in [-0.05, 0) is 50.1 Å². The van der Waals surface area contributed by atoms with E-state index in [1.807, 2.05) is 13.0 Å². The molecule has 0 radical (unpaired) electrons. The second-order valence-corrected chi connectivity index (χ2v) is 7.31. The minimum absolute atomic E-state index is 0.170. The standard InChI is InChI=1S/C20H21N3O4S/c1-4-25-20(24)18-8-14(19(28-18)23-12(3)22)11(2)15(9-21)13-5-6-16-17(7-13)27-10-26-16/h5-8,12,15H,4,10,22H2,1-3H3/b14-11+,23-19+. The molecule has 2 heterocycles. The van der Waals surface area contributed by atoms with Gasteiger partial charge < -0.3 is 19.9 Å². The van der Waals surface area contributed by atoms with Gasteiger partial charge in [0.2, 0.25) is 6.79 Å². The summed E-state index contributed by atoms with van der Waals surface area (Å²) in [5.74, 6) is 0.319. The zero-order valence-corrected chi connectivity index (χ0v) is 16.7. The van der Waals surface area contributed by atoms with Crippen molar-refractivity contribution in [2.75, 3.05) is 13.4 Å². The lowest BCUT2D eigenvalue weighted by Gasteiger charge is -2.14. The van der Waals surface area contributed by atoms with Gasteiger partial charge in [-0.25, -0.2) is 4.79 Å². The van der Waals surface area contributed by atoms with Crippen molar-refractivity contribution in [3.8, 4) is 17.6 Å². The number of fused-ring (bicyclic) bond motifs is 1. The van der Waals surface area contributed by atoms with Gasteiger partial charge in [0.25, 0.3) is 0 Å². The molecule has 146 valence electrons. The Labute approximate surface area is 167 Å². The third-order valence-corrected chi connectivity index (χ3v) is 5.25. The molecule has 8 heteroatoms. The number of hydrogen-bond acceptors (Lipinski definition) is 8. The van der Waals surface area contributed by atoms with Gasteiger partial charge in [0.15, 0.2) is 11.5 Å². The largest absolute Gasteiger partial charge is 0.462 e. The molecule has 0 amide bonds. The summed E-state index contributed by atoms with van der Waals surface area (Å²) in [7, 11) is 0. The molecule has 0 fully saturated rings. The van der Waals surface area contributed by atoms with E-state index in [1.54, 1.807) is 32.1 Å². The molecule has 0 aromatic heterocycles. The lowest BCUT2D eigenvalue weighted by Crippen LogP contribution is -2.14. The van der Waals surface area contributed by atoms with Crippen LogP contribution in [0.25, 0.3) is 0 Å². The molecule has 1 aromatic carbocycles. The van der Waals surface area contributed by atoms with Crippen molar-refractivity contribution < 1.29 is 19.0 Å². The Kier molecular flexibility index (Phi) is 6.07. The van der Waals surface area contributed by atoms with Gasteiger partial charge in [0.1, 0.15) is 5.04 Å². The Hall–Kier alpha value is -2.76. The zero-order valence-electron chi connectivity index (χ0n) is 15.9. The molecule has 28 heavy (non-hydrogen) atoms. The predicted molar refractivity (Wildman–Crippen MR) is 107 cm³/mol. The van der Waals surface area contributed by atoms with Crippen LogP contribution in [0.3, 0.4) is 0 Å². The maximum Gasteiger partial charge on any atom is 0.345 e. The van der Waals surface area contributed by atoms with Gasteiger partial charge in [-0.1, -0.05) is 17.8 Å². The summed E-state index contributed by atoms with van der Waals surface area (Å²) < 4.78 is 15.9. The number of nitrogens with two attached hydrogens (primary N) is 1. The van der Waals surface area contributed by atoms with Gasteiger partial charge in [-0.15, -0.1) is 0 Å². The Balaban J connectivity index is 2.03. The normalized spacial score (nSPS) is 20.4. The van der Waals surface area contributed by atoms with Crippen molar-refractivity contribution in [3.63, 3.8) is 0 Å². The first-order chi connectivity index (χ1) is 13.4. The molecule has 0 bridgehead atoms. The van der Waals surface area contributed by atoms with Crippen LogP contribution in [-0.2, 0) is 9.53 Å². The number of hydrogen-bond donors (Lipinski definition) is 1. The molecule has 2 aliphatic rings. The predicted octanol–water partition coefficient (Wildman–Crippen LogP) is 3.24. The van der Waals surface area contributed by atoms with Crippen LogP contribution >= 0.6 is 11.8 Å². The Morgan fingerprint density at radius 3 is 2.86 bits per heavy atom. The third-order valence-electron chi connectivity index (χ3n) is 4.23. The van der Waals surface area contributed by atoms with Gasteiger partial charge in [-0.3, -0.25) is 4.99 Å². The lowest BCUT2D eigenvalue weighted by molar-refractivity contribution is -0.137. The summed E-state index contributed by atoms with van der Waals surface area (Å²) in [5.41, 5.74) is 8.10. The molecule has 2 unspecified atom stereocenters. The fraction of sp³-hybridized carbons (Fsp3) is 0.350. The maximum absolute atomic E-state index is 12.2. The molecule has 0 aliphatic carbocycles. The molecule has 1 aromatic rings. The fourth-order valence-corrected chi connectivity index (χ4v) is 3.99. The highest BCUT2D eigenvalue weighted by Crippen LogP contribution is 2.40. The maximum atomic E-state index is 12.2. The average molecular weight is 399 g/mol. The number of benzene rings is 1. The zero-order chi connectivity index (χ0) is 20.3. The van der Waals surface area contributed by atoms with E-state index in [-0.39, 0.29) is 13.4 Å². The number of aliphatic imine (C=N–C) groups is 1. The number of carbonyl (C=O) groups excluding carboxylic acids is 1. The van der Waals surface area contributed by atoms with Crippen molar-refractivity contribution >= 4 is 22.8 Å². The SMILES string of the molecule is CCOC(=O)C1=CC(=C(/C)C(C#N)c2ccc3c(c2)OCO3)/C(=N\C(C)N)S1. The van der Waals surface area contributed by atoms with Crippen molar-refractivity contribution in [1.29, 1.82) is 5.26 Å².